The van der Waals surface area contributed by atoms with Crippen LogP contribution in [0.2, 0.25) is 0 Å². The average Bonchev–Trinajstić information content (AvgIpc) is 3.35. The highest BCUT2D eigenvalue weighted by Gasteiger charge is 2.36. The molecule has 1 amide bonds. The molecule has 1 aliphatic heterocycles. The average molecular weight is 413 g/mol. The Morgan fingerprint density at radius 3 is 2.55 bits per heavy atom. The number of carbonyl (C=O) groups excluding carboxylic acids is 1. The Hall–Kier alpha value is -2.85. The first-order valence-electron chi connectivity index (χ1n) is 9.04. The van der Waals surface area contributed by atoms with E-state index in [1.807, 2.05) is 30.3 Å². The lowest BCUT2D eigenvalue weighted by Crippen LogP contribution is -2.24. The first-order valence-corrected chi connectivity index (χ1v) is 9.86. The van der Waals surface area contributed by atoms with Crippen LogP contribution in [0.15, 0.2) is 54.6 Å². The van der Waals surface area contributed by atoms with Crippen LogP contribution in [0.5, 0.6) is 11.5 Å². The Bertz CT molecular complexity index is 964. The highest BCUT2D eigenvalue weighted by molar-refractivity contribution is 7.15. The molecule has 3 N–H and O–H groups in total. The molecule has 0 spiro atoms. The van der Waals surface area contributed by atoms with E-state index in [2.05, 4.69) is 15.5 Å². The van der Waals surface area contributed by atoms with Crippen LogP contribution in [-0.2, 0) is 4.74 Å². The van der Waals surface area contributed by atoms with E-state index in [0.29, 0.717) is 33.6 Å². The second-order valence-electron chi connectivity index (χ2n) is 6.49. The molecule has 0 unspecified atom stereocenters. The number of para-hydroxylation sites is 1. The first kappa shape index (κ1) is 19.5. The highest BCUT2D eigenvalue weighted by Crippen LogP contribution is 2.35. The summed E-state index contributed by atoms with van der Waals surface area (Å²) in [6.45, 7) is -0.260. The van der Waals surface area contributed by atoms with Gasteiger partial charge in [0.1, 0.15) is 28.7 Å². The van der Waals surface area contributed by atoms with Crippen molar-refractivity contribution in [1.82, 2.24) is 10.2 Å². The molecule has 2 heterocycles. The molecule has 0 radical (unpaired) electrons. The number of aliphatic hydroxyl groups is 2. The van der Waals surface area contributed by atoms with Crippen molar-refractivity contribution in [2.75, 3.05) is 11.9 Å². The predicted octanol–water partition coefficient (Wildman–Crippen LogP) is 2.77. The number of rotatable bonds is 6. The van der Waals surface area contributed by atoms with Gasteiger partial charge in [-0.25, -0.2) is 0 Å². The number of aliphatic hydroxyl groups excluding tert-OH is 2. The second-order valence-corrected chi connectivity index (χ2v) is 7.50. The van der Waals surface area contributed by atoms with Crippen LogP contribution >= 0.6 is 11.3 Å². The van der Waals surface area contributed by atoms with Crippen LogP contribution in [0.25, 0.3) is 0 Å². The standard InChI is InChI=1S/C20H19N3O5S/c24-11-17-15(25)10-16(28-17)19-22-23-20(29-19)21-18(26)12-6-8-14(9-7-12)27-13-4-2-1-3-5-13/h1-9,15-17,24-25H,10-11H2,(H,21,23,26)/t15-,16-,17+/m0/s1. The van der Waals surface area contributed by atoms with Gasteiger partial charge in [-0.3, -0.25) is 10.1 Å². The van der Waals surface area contributed by atoms with Crippen molar-refractivity contribution in [3.05, 3.63) is 65.2 Å². The molecule has 0 aliphatic carbocycles. The van der Waals surface area contributed by atoms with E-state index in [1.165, 1.54) is 11.3 Å². The fourth-order valence-electron chi connectivity index (χ4n) is 2.94. The third kappa shape index (κ3) is 4.60. The Morgan fingerprint density at radius 2 is 1.86 bits per heavy atom. The Morgan fingerprint density at radius 1 is 1.14 bits per heavy atom. The molecule has 150 valence electrons. The molecule has 9 heteroatoms. The van der Waals surface area contributed by atoms with Crippen molar-refractivity contribution in [3.8, 4) is 11.5 Å². The Balaban J connectivity index is 1.37. The molecule has 3 atom stereocenters. The van der Waals surface area contributed by atoms with Gasteiger partial charge < -0.3 is 19.7 Å². The summed E-state index contributed by atoms with van der Waals surface area (Å²) in [5.41, 5.74) is 0.454. The van der Waals surface area contributed by atoms with Crippen LogP contribution in [0.3, 0.4) is 0 Å². The smallest absolute Gasteiger partial charge is 0.257 e. The maximum absolute atomic E-state index is 12.4. The molecular weight excluding hydrogens is 394 g/mol. The molecule has 29 heavy (non-hydrogen) atoms. The van der Waals surface area contributed by atoms with Gasteiger partial charge in [0, 0.05) is 12.0 Å². The summed E-state index contributed by atoms with van der Waals surface area (Å²) >= 11 is 1.18. The van der Waals surface area contributed by atoms with E-state index >= 15 is 0 Å². The minimum atomic E-state index is -0.747. The van der Waals surface area contributed by atoms with Crippen LogP contribution < -0.4 is 10.1 Å². The van der Waals surface area contributed by atoms with Crippen molar-refractivity contribution >= 4 is 22.4 Å². The van der Waals surface area contributed by atoms with Gasteiger partial charge in [-0.05, 0) is 36.4 Å². The maximum atomic E-state index is 12.4. The zero-order chi connectivity index (χ0) is 20.2. The van der Waals surface area contributed by atoms with Gasteiger partial charge in [0.25, 0.3) is 5.91 Å². The molecule has 3 aromatic rings. The molecule has 0 bridgehead atoms. The summed E-state index contributed by atoms with van der Waals surface area (Å²) in [4.78, 5) is 12.4. The number of hydrogen-bond acceptors (Lipinski definition) is 8. The van der Waals surface area contributed by atoms with Crippen molar-refractivity contribution in [2.45, 2.75) is 24.7 Å². The van der Waals surface area contributed by atoms with Gasteiger partial charge in [-0.2, -0.15) is 0 Å². The maximum Gasteiger partial charge on any atom is 0.257 e. The lowest BCUT2D eigenvalue weighted by molar-refractivity contribution is -0.0227. The molecule has 8 nitrogen and oxygen atoms in total. The van der Waals surface area contributed by atoms with Crippen molar-refractivity contribution in [3.63, 3.8) is 0 Å². The third-order valence-corrected chi connectivity index (χ3v) is 5.37. The van der Waals surface area contributed by atoms with Crippen molar-refractivity contribution < 1.29 is 24.5 Å². The summed E-state index contributed by atoms with van der Waals surface area (Å²) in [6.07, 6.45) is -1.49. The number of benzene rings is 2. The minimum absolute atomic E-state index is 0.260. The zero-order valence-electron chi connectivity index (χ0n) is 15.3. The van der Waals surface area contributed by atoms with E-state index in [1.54, 1.807) is 24.3 Å². The Kier molecular flexibility index (Phi) is 5.81. The zero-order valence-corrected chi connectivity index (χ0v) is 16.1. The van der Waals surface area contributed by atoms with E-state index in [0.717, 1.165) is 0 Å². The number of hydrogen-bond donors (Lipinski definition) is 3. The molecule has 2 aromatic carbocycles. The molecule has 1 fully saturated rings. The molecule has 1 saturated heterocycles. The fourth-order valence-corrected chi connectivity index (χ4v) is 3.72. The van der Waals surface area contributed by atoms with Crippen LogP contribution in [0.4, 0.5) is 5.13 Å². The molecule has 4 rings (SSSR count). The van der Waals surface area contributed by atoms with Gasteiger partial charge in [0.15, 0.2) is 0 Å². The largest absolute Gasteiger partial charge is 0.457 e. The summed E-state index contributed by atoms with van der Waals surface area (Å²) in [7, 11) is 0. The lowest BCUT2D eigenvalue weighted by atomic mass is 10.1. The van der Waals surface area contributed by atoms with E-state index < -0.39 is 18.3 Å². The number of nitrogens with one attached hydrogen (secondary N) is 1. The van der Waals surface area contributed by atoms with Crippen LogP contribution in [0.1, 0.15) is 27.9 Å². The van der Waals surface area contributed by atoms with Gasteiger partial charge >= 0.3 is 0 Å². The number of ether oxygens (including phenoxy) is 2. The quantitative estimate of drug-likeness (QED) is 0.569. The number of aromatic nitrogens is 2. The monoisotopic (exact) mass is 413 g/mol. The SMILES string of the molecule is O=C(Nc1nnc([C@@H]2C[C@H](O)[C@@H](CO)O2)s1)c1ccc(Oc2ccccc2)cc1. The van der Waals surface area contributed by atoms with E-state index in [4.69, 9.17) is 14.6 Å². The van der Waals surface area contributed by atoms with Crippen molar-refractivity contribution in [1.29, 1.82) is 0 Å². The summed E-state index contributed by atoms with van der Waals surface area (Å²) in [5, 5.41) is 30.6. The highest BCUT2D eigenvalue weighted by atomic mass is 32.1. The summed E-state index contributed by atoms with van der Waals surface area (Å²) < 4.78 is 11.3. The number of anilines is 1. The van der Waals surface area contributed by atoms with Crippen LogP contribution in [-0.4, -0.2) is 45.1 Å². The molecule has 0 saturated carbocycles. The topological polar surface area (TPSA) is 114 Å². The third-order valence-electron chi connectivity index (χ3n) is 4.44. The van der Waals surface area contributed by atoms with E-state index in [9.17, 15) is 9.90 Å². The summed E-state index contributed by atoms with van der Waals surface area (Å²) in [5.74, 6) is 1.02. The normalized spacial score (nSPS) is 21.1. The Labute approximate surface area is 170 Å². The van der Waals surface area contributed by atoms with Gasteiger partial charge in [0.2, 0.25) is 5.13 Å². The van der Waals surface area contributed by atoms with E-state index in [-0.39, 0.29) is 12.5 Å². The van der Waals surface area contributed by atoms with Gasteiger partial charge in [-0.15, -0.1) is 10.2 Å². The number of carbonyl (C=O) groups is 1. The van der Waals surface area contributed by atoms with Gasteiger partial charge in [-0.1, -0.05) is 29.5 Å². The first-order chi connectivity index (χ1) is 14.1. The number of nitrogens with zero attached hydrogens (tertiary/aromatic N) is 2. The lowest BCUT2D eigenvalue weighted by Gasteiger charge is -2.09. The predicted molar refractivity (Wildman–Crippen MR) is 106 cm³/mol. The van der Waals surface area contributed by atoms with Crippen molar-refractivity contribution in [2.24, 2.45) is 0 Å². The minimum Gasteiger partial charge on any atom is -0.457 e. The van der Waals surface area contributed by atoms with Crippen LogP contribution in [0, 0.1) is 0 Å². The fraction of sp³-hybridized carbons (Fsp3) is 0.250. The number of amides is 1. The van der Waals surface area contributed by atoms with Gasteiger partial charge in [0.05, 0.1) is 12.7 Å². The molecule has 1 aromatic heterocycles. The molecular formula is C20H19N3O5S. The summed E-state index contributed by atoms with van der Waals surface area (Å²) in [6, 6.07) is 16.1. The molecule has 1 aliphatic rings. The second kappa shape index (κ2) is 8.66.